The molecule has 2 aromatic rings. The zero-order valence-electron chi connectivity index (χ0n) is 28.0. The number of fused-ring (bicyclic) bond motifs is 2. The Morgan fingerprint density at radius 3 is 1.86 bits per heavy atom. The van der Waals surface area contributed by atoms with Gasteiger partial charge in [0, 0.05) is 37.3 Å². The smallest absolute Gasteiger partial charge is 0.264 e. The number of benzene rings is 2. The first-order valence-electron chi connectivity index (χ1n) is 17.1. The number of nitrogens with zero attached hydrogens (tertiary/aromatic N) is 2. The first-order valence-corrected chi connectivity index (χ1v) is 17.1. The van der Waals surface area contributed by atoms with Crippen molar-refractivity contribution in [3.63, 3.8) is 0 Å². The number of ketones is 1. The minimum absolute atomic E-state index is 0.0135. The number of anilines is 2. The average Bonchev–Trinajstić information content (AvgIpc) is 3.48. The molecule has 14 nitrogen and oxygen atoms in total. The molecule has 2 aromatic carbocycles. The number of nitrogens with two attached hydrogens (primary N) is 1. The predicted molar refractivity (Wildman–Crippen MR) is 182 cm³/mol. The third-order valence-electron chi connectivity index (χ3n) is 9.31. The van der Waals surface area contributed by atoms with Crippen molar-refractivity contribution >= 4 is 58.5 Å². The number of Topliss-reactive ketones (excluding diaryl/α,β-unsaturated/α-hetero) is 1. The molecule has 5 N–H and O–H groups in total. The Kier molecular flexibility index (Phi) is 11.4. The SMILES string of the molecule is CC(=O)CCC(C(N)=O)N1C(=O)c2cccc(NCCCCCCCCCNc3cccc4c3C(=O)N(C3CCC(=O)NC3=O)C4=O)c2C1=O. The molecular formula is C36H42N6O8. The summed E-state index contributed by atoms with van der Waals surface area (Å²) < 4.78 is 0. The lowest BCUT2D eigenvalue weighted by Gasteiger charge is -2.27. The second-order valence-electron chi connectivity index (χ2n) is 12.9. The minimum atomic E-state index is -1.19. The molecule has 3 heterocycles. The summed E-state index contributed by atoms with van der Waals surface area (Å²) in [7, 11) is 0. The molecule has 0 spiro atoms. The van der Waals surface area contributed by atoms with E-state index in [4.69, 9.17) is 5.73 Å². The first kappa shape index (κ1) is 35.9. The zero-order chi connectivity index (χ0) is 35.9. The van der Waals surface area contributed by atoms with Gasteiger partial charge in [-0.25, -0.2) is 0 Å². The van der Waals surface area contributed by atoms with Gasteiger partial charge in [0.05, 0.1) is 22.3 Å². The van der Waals surface area contributed by atoms with E-state index in [-0.39, 0.29) is 53.7 Å². The molecule has 7 amide bonds. The number of nitrogens with one attached hydrogen (secondary N) is 3. The van der Waals surface area contributed by atoms with Crippen molar-refractivity contribution in [3.05, 3.63) is 58.7 Å². The third kappa shape index (κ3) is 7.58. The van der Waals surface area contributed by atoms with Gasteiger partial charge < -0.3 is 21.2 Å². The van der Waals surface area contributed by atoms with Gasteiger partial charge in [-0.3, -0.25) is 48.7 Å². The Balaban J connectivity index is 1.00. The molecule has 14 heteroatoms. The summed E-state index contributed by atoms with van der Waals surface area (Å²) in [5, 5.41) is 8.74. The maximum absolute atomic E-state index is 13.3. The number of primary amides is 1. The molecule has 0 bridgehead atoms. The third-order valence-corrected chi connectivity index (χ3v) is 9.31. The summed E-state index contributed by atoms with van der Waals surface area (Å²) in [5.74, 6) is -4.31. The van der Waals surface area contributed by atoms with Gasteiger partial charge in [-0.15, -0.1) is 0 Å². The maximum atomic E-state index is 13.3. The summed E-state index contributed by atoms with van der Waals surface area (Å²) >= 11 is 0. The van der Waals surface area contributed by atoms with Gasteiger partial charge in [-0.05, 0) is 56.9 Å². The predicted octanol–water partition coefficient (Wildman–Crippen LogP) is 3.16. The van der Waals surface area contributed by atoms with Crippen LogP contribution in [0.2, 0.25) is 0 Å². The van der Waals surface area contributed by atoms with Gasteiger partial charge in [0.15, 0.2) is 0 Å². The molecule has 1 fully saturated rings. The highest BCUT2D eigenvalue weighted by Crippen LogP contribution is 2.33. The Hall–Kier alpha value is -5.40. The number of rotatable bonds is 18. The molecule has 0 aliphatic carbocycles. The number of hydrogen-bond acceptors (Lipinski definition) is 10. The summed E-state index contributed by atoms with van der Waals surface area (Å²) in [6, 6.07) is 7.77. The van der Waals surface area contributed by atoms with Crippen LogP contribution >= 0.6 is 0 Å². The van der Waals surface area contributed by atoms with Gasteiger partial charge >= 0.3 is 0 Å². The lowest BCUT2D eigenvalue weighted by Crippen LogP contribution is -2.54. The van der Waals surface area contributed by atoms with E-state index in [0.29, 0.717) is 24.5 Å². The van der Waals surface area contributed by atoms with Gasteiger partial charge in [0.1, 0.15) is 17.9 Å². The molecule has 5 rings (SSSR count). The minimum Gasteiger partial charge on any atom is -0.384 e. The van der Waals surface area contributed by atoms with E-state index in [1.54, 1.807) is 36.4 Å². The van der Waals surface area contributed by atoms with E-state index in [0.717, 1.165) is 54.7 Å². The summed E-state index contributed by atoms with van der Waals surface area (Å²) in [5.41, 5.74) is 7.48. The number of unbranched alkanes of at least 4 members (excludes halogenated alkanes) is 6. The second-order valence-corrected chi connectivity index (χ2v) is 12.9. The van der Waals surface area contributed by atoms with Crippen LogP contribution in [0.1, 0.15) is 119 Å². The van der Waals surface area contributed by atoms with E-state index in [1.165, 1.54) is 6.92 Å². The molecule has 0 saturated carbocycles. The van der Waals surface area contributed by atoms with Crippen LogP contribution in [0.4, 0.5) is 11.4 Å². The molecule has 2 unspecified atom stereocenters. The summed E-state index contributed by atoms with van der Waals surface area (Å²) in [4.78, 5) is 102. The van der Waals surface area contributed by atoms with E-state index >= 15 is 0 Å². The van der Waals surface area contributed by atoms with Crippen LogP contribution in [0, 0.1) is 0 Å². The number of carbonyl (C=O) groups is 8. The Labute approximate surface area is 289 Å². The Morgan fingerprint density at radius 1 is 0.780 bits per heavy atom. The van der Waals surface area contributed by atoms with Gasteiger partial charge in [-0.2, -0.15) is 0 Å². The standard InChI is InChI=1S/C36H42N6O8/c1-21(43)15-16-26(31(37)45)41-33(47)22-11-9-13-24(29(22)35(41)49)38-19-7-5-3-2-4-6-8-20-39-25-14-10-12-23-30(25)36(50)42(34(23)48)27-17-18-28(44)40-32(27)46/h9-14,26-27,38-39H,2-8,15-20H2,1H3,(H2,37,45)(H,40,44,46). The monoisotopic (exact) mass is 686 g/mol. The topological polar surface area (TPSA) is 205 Å². The summed E-state index contributed by atoms with van der Waals surface area (Å²) in [6.07, 6.45) is 6.90. The van der Waals surface area contributed by atoms with Crippen LogP contribution in [0.15, 0.2) is 36.4 Å². The molecule has 50 heavy (non-hydrogen) atoms. The fourth-order valence-electron chi connectivity index (χ4n) is 6.71. The maximum Gasteiger partial charge on any atom is 0.264 e. The molecule has 3 aliphatic rings. The Morgan fingerprint density at radius 2 is 1.32 bits per heavy atom. The van der Waals surface area contributed by atoms with Crippen molar-refractivity contribution in [2.45, 2.75) is 89.6 Å². The van der Waals surface area contributed by atoms with Crippen molar-refractivity contribution in [1.29, 1.82) is 0 Å². The van der Waals surface area contributed by atoms with E-state index < -0.39 is 53.4 Å². The van der Waals surface area contributed by atoms with Crippen LogP contribution in [0.3, 0.4) is 0 Å². The van der Waals surface area contributed by atoms with Gasteiger partial charge in [0.25, 0.3) is 23.6 Å². The van der Waals surface area contributed by atoms with Crippen LogP contribution in [0.25, 0.3) is 0 Å². The largest absolute Gasteiger partial charge is 0.384 e. The van der Waals surface area contributed by atoms with Crippen LogP contribution in [-0.4, -0.2) is 82.1 Å². The van der Waals surface area contributed by atoms with E-state index in [2.05, 4.69) is 16.0 Å². The fourth-order valence-corrected chi connectivity index (χ4v) is 6.71. The first-order chi connectivity index (χ1) is 24.0. The van der Waals surface area contributed by atoms with Crippen molar-refractivity contribution in [2.24, 2.45) is 5.73 Å². The highest BCUT2D eigenvalue weighted by molar-refractivity contribution is 6.26. The average molecular weight is 687 g/mol. The Bertz CT molecular complexity index is 1740. The van der Waals surface area contributed by atoms with Gasteiger partial charge in [-0.1, -0.05) is 44.2 Å². The molecule has 1 saturated heterocycles. The number of piperidine rings is 1. The number of hydrogen-bond donors (Lipinski definition) is 4. The van der Waals surface area contributed by atoms with E-state index in [9.17, 15) is 38.4 Å². The lowest BCUT2D eigenvalue weighted by atomic mass is 10.0. The highest BCUT2D eigenvalue weighted by atomic mass is 16.2. The van der Waals surface area contributed by atoms with Crippen molar-refractivity contribution in [2.75, 3.05) is 23.7 Å². The molecule has 3 aliphatic heterocycles. The van der Waals surface area contributed by atoms with Crippen LogP contribution < -0.4 is 21.7 Å². The molecule has 2 atom stereocenters. The quantitative estimate of drug-likeness (QED) is 0.133. The molecular weight excluding hydrogens is 644 g/mol. The van der Waals surface area contributed by atoms with Crippen LogP contribution in [-0.2, 0) is 19.2 Å². The second kappa shape index (κ2) is 15.9. The summed E-state index contributed by atoms with van der Waals surface area (Å²) in [6.45, 7) is 2.57. The van der Waals surface area contributed by atoms with Crippen molar-refractivity contribution in [3.8, 4) is 0 Å². The van der Waals surface area contributed by atoms with Gasteiger partial charge in [0.2, 0.25) is 17.7 Å². The molecule has 0 aromatic heterocycles. The number of amides is 7. The molecule has 0 radical (unpaired) electrons. The van der Waals surface area contributed by atoms with Crippen LogP contribution in [0.5, 0.6) is 0 Å². The molecule has 264 valence electrons. The number of carbonyl (C=O) groups excluding carboxylic acids is 8. The lowest BCUT2D eigenvalue weighted by molar-refractivity contribution is -0.136. The fraction of sp³-hybridized carbons (Fsp3) is 0.444. The highest BCUT2D eigenvalue weighted by Gasteiger charge is 2.46. The van der Waals surface area contributed by atoms with Crippen molar-refractivity contribution < 1.29 is 38.4 Å². The van der Waals surface area contributed by atoms with E-state index in [1.807, 2.05) is 0 Å². The normalized spacial score (nSPS) is 17.5. The van der Waals surface area contributed by atoms with Crippen molar-refractivity contribution in [1.82, 2.24) is 15.1 Å². The zero-order valence-corrected chi connectivity index (χ0v) is 28.0. The number of imide groups is 3.